The first-order valence-electron chi connectivity index (χ1n) is 6.53. The Balaban J connectivity index is 2.32. The molecule has 0 radical (unpaired) electrons. The van der Waals surface area contributed by atoms with Gasteiger partial charge in [-0.05, 0) is 44.2 Å². The molecule has 1 N–H and O–H groups in total. The van der Waals surface area contributed by atoms with Crippen LogP contribution in [0.5, 0.6) is 5.75 Å². The lowest BCUT2D eigenvalue weighted by Crippen LogP contribution is -2.03. The zero-order valence-corrected chi connectivity index (χ0v) is 12.1. The van der Waals surface area contributed by atoms with Gasteiger partial charge in [0.15, 0.2) is 0 Å². The van der Waals surface area contributed by atoms with E-state index in [-0.39, 0.29) is 11.8 Å². The lowest BCUT2D eigenvalue weighted by atomic mass is 10.2. The molecular formula is C16H15ClN2O. The summed E-state index contributed by atoms with van der Waals surface area (Å²) in [6.45, 7) is 4.21. The van der Waals surface area contributed by atoms with Crippen LogP contribution < -0.4 is 0 Å². The quantitative estimate of drug-likeness (QED) is 0.745. The predicted molar refractivity (Wildman–Crippen MR) is 82.2 cm³/mol. The number of rotatable bonds is 2. The van der Waals surface area contributed by atoms with Gasteiger partial charge < -0.3 is 9.67 Å². The van der Waals surface area contributed by atoms with Crippen LogP contribution >= 0.6 is 11.6 Å². The maximum atomic E-state index is 9.66. The lowest BCUT2D eigenvalue weighted by Gasteiger charge is -2.13. The molecule has 1 aromatic heterocycles. The number of aromatic hydroxyl groups is 1. The Labute approximate surface area is 122 Å². The average molecular weight is 287 g/mol. The van der Waals surface area contributed by atoms with Crippen molar-refractivity contribution < 1.29 is 5.11 Å². The number of benzene rings is 2. The third-order valence-electron chi connectivity index (χ3n) is 3.27. The molecule has 3 rings (SSSR count). The number of imidazole rings is 1. The molecule has 0 aliphatic carbocycles. The van der Waals surface area contributed by atoms with Crippen molar-refractivity contribution in [1.29, 1.82) is 0 Å². The molecule has 1 heterocycles. The van der Waals surface area contributed by atoms with Crippen molar-refractivity contribution in [3.63, 3.8) is 0 Å². The van der Waals surface area contributed by atoms with Crippen molar-refractivity contribution in [1.82, 2.24) is 9.55 Å². The van der Waals surface area contributed by atoms with Gasteiger partial charge in [-0.3, -0.25) is 0 Å². The summed E-state index contributed by atoms with van der Waals surface area (Å²) in [5.74, 6) is 1.08. The molecule has 0 saturated heterocycles. The highest BCUT2D eigenvalue weighted by Gasteiger charge is 2.15. The second-order valence-corrected chi connectivity index (χ2v) is 5.52. The van der Waals surface area contributed by atoms with Crippen LogP contribution in [0.15, 0.2) is 42.5 Å². The van der Waals surface area contributed by atoms with Gasteiger partial charge in [0.2, 0.25) is 0 Å². The molecule has 0 spiro atoms. The summed E-state index contributed by atoms with van der Waals surface area (Å²) < 4.78 is 2.13. The third-order valence-corrected chi connectivity index (χ3v) is 3.51. The lowest BCUT2D eigenvalue weighted by molar-refractivity contribution is 0.475. The smallest absolute Gasteiger partial charge is 0.141 e. The molecule has 4 heteroatoms. The van der Waals surface area contributed by atoms with Crippen molar-refractivity contribution in [2.75, 3.05) is 0 Å². The Bertz CT molecular complexity index is 777. The van der Waals surface area contributed by atoms with Crippen LogP contribution in [-0.4, -0.2) is 14.7 Å². The molecule has 3 aromatic rings. The van der Waals surface area contributed by atoms with Crippen LogP contribution in [0.1, 0.15) is 19.9 Å². The Morgan fingerprint density at radius 3 is 2.65 bits per heavy atom. The van der Waals surface area contributed by atoms with Gasteiger partial charge in [-0.1, -0.05) is 23.7 Å². The van der Waals surface area contributed by atoms with E-state index in [0.717, 1.165) is 22.4 Å². The topological polar surface area (TPSA) is 38.0 Å². The van der Waals surface area contributed by atoms with E-state index in [0.29, 0.717) is 5.02 Å². The zero-order valence-electron chi connectivity index (χ0n) is 11.3. The number of fused-ring (bicyclic) bond motifs is 1. The van der Waals surface area contributed by atoms with Crippen LogP contribution in [0, 0.1) is 0 Å². The monoisotopic (exact) mass is 286 g/mol. The molecule has 0 amide bonds. The molecule has 0 fully saturated rings. The molecule has 102 valence electrons. The van der Waals surface area contributed by atoms with Gasteiger partial charge in [0.1, 0.15) is 11.6 Å². The fourth-order valence-corrected chi connectivity index (χ4v) is 2.60. The number of hydrogen-bond acceptors (Lipinski definition) is 2. The second kappa shape index (κ2) is 4.84. The molecule has 0 aliphatic heterocycles. The van der Waals surface area contributed by atoms with Gasteiger partial charge in [0, 0.05) is 16.6 Å². The number of phenols is 1. The molecule has 0 unspecified atom stereocenters. The van der Waals surface area contributed by atoms with Gasteiger partial charge in [-0.2, -0.15) is 0 Å². The van der Waals surface area contributed by atoms with Crippen molar-refractivity contribution in [2.45, 2.75) is 19.9 Å². The summed E-state index contributed by atoms with van der Waals surface area (Å²) in [5.41, 5.74) is 2.80. The fraction of sp³-hybridized carbons (Fsp3) is 0.188. The van der Waals surface area contributed by atoms with Gasteiger partial charge in [0.05, 0.1) is 11.0 Å². The third kappa shape index (κ3) is 2.14. The van der Waals surface area contributed by atoms with E-state index in [9.17, 15) is 5.11 Å². The normalized spacial score (nSPS) is 11.4. The highest BCUT2D eigenvalue weighted by atomic mass is 35.5. The number of phenolic OH excluding ortho intramolecular Hbond substituents is 1. The Hall–Kier alpha value is -2.00. The van der Waals surface area contributed by atoms with Crippen LogP contribution in [0.2, 0.25) is 5.02 Å². The summed E-state index contributed by atoms with van der Waals surface area (Å²) in [6.07, 6.45) is 0. The minimum atomic E-state index is 0.239. The SMILES string of the molecule is CC(C)n1c(-c2cccc(O)c2)nc2ccc(Cl)cc21. The average Bonchev–Trinajstić information content (AvgIpc) is 2.77. The summed E-state index contributed by atoms with van der Waals surface area (Å²) in [7, 11) is 0. The summed E-state index contributed by atoms with van der Waals surface area (Å²) in [4.78, 5) is 4.68. The van der Waals surface area contributed by atoms with E-state index < -0.39 is 0 Å². The van der Waals surface area contributed by atoms with Crippen LogP contribution in [0.4, 0.5) is 0 Å². The minimum Gasteiger partial charge on any atom is -0.508 e. The summed E-state index contributed by atoms with van der Waals surface area (Å²) >= 11 is 6.09. The summed E-state index contributed by atoms with van der Waals surface area (Å²) in [5, 5.41) is 10.4. The number of aromatic nitrogens is 2. The van der Waals surface area contributed by atoms with E-state index in [1.54, 1.807) is 12.1 Å². The Morgan fingerprint density at radius 2 is 1.95 bits per heavy atom. The molecule has 20 heavy (non-hydrogen) atoms. The molecule has 0 bridgehead atoms. The zero-order chi connectivity index (χ0) is 14.3. The first-order chi connectivity index (χ1) is 9.56. The molecule has 0 saturated carbocycles. The van der Waals surface area contributed by atoms with Crippen LogP contribution in [0.25, 0.3) is 22.4 Å². The van der Waals surface area contributed by atoms with E-state index in [1.165, 1.54) is 0 Å². The van der Waals surface area contributed by atoms with E-state index in [1.807, 2.05) is 30.3 Å². The number of hydrogen-bond donors (Lipinski definition) is 1. The fourth-order valence-electron chi connectivity index (χ4n) is 2.44. The van der Waals surface area contributed by atoms with E-state index in [2.05, 4.69) is 23.4 Å². The van der Waals surface area contributed by atoms with Gasteiger partial charge >= 0.3 is 0 Å². The molecule has 2 aromatic carbocycles. The van der Waals surface area contributed by atoms with E-state index >= 15 is 0 Å². The van der Waals surface area contributed by atoms with Crippen molar-refractivity contribution in [3.05, 3.63) is 47.5 Å². The first kappa shape index (κ1) is 13.0. The minimum absolute atomic E-state index is 0.239. The standard InChI is InChI=1S/C16H15ClN2O/c1-10(2)19-15-9-12(17)6-7-14(15)18-16(19)11-4-3-5-13(20)8-11/h3-10,20H,1-2H3. The Kier molecular flexibility index (Phi) is 3.14. The second-order valence-electron chi connectivity index (χ2n) is 5.08. The van der Waals surface area contributed by atoms with Crippen LogP contribution in [-0.2, 0) is 0 Å². The molecule has 0 aliphatic rings. The van der Waals surface area contributed by atoms with Gasteiger partial charge in [0.25, 0.3) is 0 Å². The highest BCUT2D eigenvalue weighted by Crippen LogP contribution is 2.31. The molecule has 3 nitrogen and oxygen atoms in total. The maximum Gasteiger partial charge on any atom is 0.141 e. The Morgan fingerprint density at radius 1 is 1.15 bits per heavy atom. The van der Waals surface area contributed by atoms with Crippen molar-refractivity contribution >= 4 is 22.6 Å². The highest BCUT2D eigenvalue weighted by molar-refractivity contribution is 6.31. The first-order valence-corrected chi connectivity index (χ1v) is 6.91. The largest absolute Gasteiger partial charge is 0.508 e. The summed E-state index contributed by atoms with van der Waals surface area (Å²) in [6, 6.07) is 13.1. The van der Waals surface area contributed by atoms with E-state index in [4.69, 9.17) is 11.6 Å². The van der Waals surface area contributed by atoms with Gasteiger partial charge in [-0.25, -0.2) is 4.98 Å². The van der Waals surface area contributed by atoms with Crippen LogP contribution in [0.3, 0.4) is 0 Å². The predicted octanol–water partition coefficient (Wildman–Crippen LogP) is 4.64. The molecule has 0 atom stereocenters. The molecular weight excluding hydrogens is 272 g/mol. The van der Waals surface area contributed by atoms with Crippen molar-refractivity contribution in [2.24, 2.45) is 0 Å². The maximum absolute atomic E-state index is 9.66. The number of nitrogens with zero attached hydrogens (tertiary/aromatic N) is 2. The van der Waals surface area contributed by atoms with Gasteiger partial charge in [-0.15, -0.1) is 0 Å². The number of halogens is 1. The van der Waals surface area contributed by atoms with Crippen molar-refractivity contribution in [3.8, 4) is 17.1 Å².